The van der Waals surface area contributed by atoms with Crippen LogP contribution in [0.15, 0.2) is 54.6 Å². The minimum Gasteiger partial charge on any atom is -0.266 e. The molecule has 0 aliphatic rings. The molecule has 3 rings (SSSR count). The highest BCUT2D eigenvalue weighted by atomic mass is 35.5. The van der Waals surface area contributed by atoms with Crippen LogP contribution in [0.25, 0.3) is 22.4 Å². The summed E-state index contributed by atoms with van der Waals surface area (Å²) in [5, 5.41) is 5.53. The van der Waals surface area contributed by atoms with Crippen molar-refractivity contribution in [3.63, 3.8) is 0 Å². The Morgan fingerprint density at radius 1 is 0.850 bits per heavy atom. The lowest BCUT2D eigenvalue weighted by Crippen LogP contribution is -1.94. The quantitative estimate of drug-likeness (QED) is 0.647. The minimum absolute atomic E-state index is 0.494. The lowest BCUT2D eigenvalue weighted by atomic mass is 10.0. The Morgan fingerprint density at radius 3 is 2.15 bits per heavy atom. The highest BCUT2D eigenvalue weighted by Gasteiger charge is 2.17. The van der Waals surface area contributed by atoms with Gasteiger partial charge in [-0.1, -0.05) is 65.7 Å². The van der Waals surface area contributed by atoms with Crippen molar-refractivity contribution in [1.82, 2.24) is 9.78 Å². The summed E-state index contributed by atoms with van der Waals surface area (Å²) in [5.41, 5.74) is 4.01. The van der Waals surface area contributed by atoms with Crippen molar-refractivity contribution in [3.8, 4) is 22.4 Å². The molecule has 0 atom stereocenters. The van der Waals surface area contributed by atoms with Gasteiger partial charge in [0.15, 0.2) is 5.15 Å². The minimum atomic E-state index is 0.494. The van der Waals surface area contributed by atoms with Crippen LogP contribution in [0.5, 0.6) is 0 Å². The molecule has 4 heteroatoms. The van der Waals surface area contributed by atoms with Gasteiger partial charge in [0.25, 0.3) is 0 Å². The summed E-state index contributed by atoms with van der Waals surface area (Å²) in [6.45, 7) is 0. The van der Waals surface area contributed by atoms with Crippen LogP contribution >= 0.6 is 23.2 Å². The molecule has 0 saturated heterocycles. The van der Waals surface area contributed by atoms with Crippen molar-refractivity contribution < 1.29 is 0 Å². The summed E-state index contributed by atoms with van der Waals surface area (Å²) in [4.78, 5) is 0. The van der Waals surface area contributed by atoms with E-state index in [1.165, 1.54) is 0 Å². The molecule has 0 amide bonds. The first-order chi connectivity index (χ1) is 9.66. The van der Waals surface area contributed by atoms with Crippen LogP contribution in [-0.4, -0.2) is 9.78 Å². The van der Waals surface area contributed by atoms with Crippen LogP contribution in [-0.2, 0) is 7.05 Å². The summed E-state index contributed by atoms with van der Waals surface area (Å²) >= 11 is 12.3. The Labute approximate surface area is 127 Å². The van der Waals surface area contributed by atoms with Crippen LogP contribution in [0, 0.1) is 0 Å². The molecule has 0 fully saturated rings. The molecule has 3 aromatic rings. The van der Waals surface area contributed by atoms with Gasteiger partial charge in [0.05, 0.1) is 5.69 Å². The normalized spacial score (nSPS) is 10.8. The third-order valence-corrected chi connectivity index (χ3v) is 3.70. The van der Waals surface area contributed by atoms with Gasteiger partial charge in [0.1, 0.15) is 0 Å². The standard InChI is InChI=1S/C16H12Cl2N2/c1-20-15(12-5-3-2-4-6-12)14(16(18)19-20)11-7-9-13(17)10-8-11/h2-10H,1H3. The summed E-state index contributed by atoms with van der Waals surface area (Å²) in [6.07, 6.45) is 0. The van der Waals surface area contributed by atoms with E-state index >= 15 is 0 Å². The predicted molar refractivity (Wildman–Crippen MR) is 84.1 cm³/mol. The zero-order chi connectivity index (χ0) is 14.1. The number of rotatable bonds is 2. The second kappa shape index (κ2) is 5.31. The Balaban J connectivity index is 2.23. The summed E-state index contributed by atoms with van der Waals surface area (Å²) in [7, 11) is 1.90. The highest BCUT2D eigenvalue weighted by Crippen LogP contribution is 2.37. The van der Waals surface area contributed by atoms with Crippen molar-refractivity contribution in [2.24, 2.45) is 7.05 Å². The molecule has 0 bridgehead atoms. The van der Waals surface area contributed by atoms with Gasteiger partial charge in [-0.05, 0) is 17.7 Å². The molecule has 1 heterocycles. The maximum atomic E-state index is 6.31. The smallest absolute Gasteiger partial charge is 0.159 e. The molecule has 2 nitrogen and oxygen atoms in total. The first kappa shape index (κ1) is 13.2. The summed E-state index contributed by atoms with van der Waals surface area (Å²) < 4.78 is 1.81. The van der Waals surface area contributed by atoms with E-state index in [0.29, 0.717) is 10.2 Å². The van der Waals surface area contributed by atoms with Gasteiger partial charge in [0.2, 0.25) is 0 Å². The van der Waals surface area contributed by atoms with E-state index in [4.69, 9.17) is 23.2 Å². The molecular weight excluding hydrogens is 291 g/mol. The highest BCUT2D eigenvalue weighted by molar-refractivity contribution is 6.33. The van der Waals surface area contributed by atoms with E-state index < -0.39 is 0 Å². The maximum absolute atomic E-state index is 6.31. The molecular formula is C16H12Cl2N2. The topological polar surface area (TPSA) is 17.8 Å². The number of aryl methyl sites for hydroxylation is 1. The van der Waals surface area contributed by atoms with Gasteiger partial charge >= 0.3 is 0 Å². The molecule has 0 unspecified atom stereocenters. The number of hydrogen-bond donors (Lipinski definition) is 0. The fourth-order valence-electron chi connectivity index (χ4n) is 2.29. The molecule has 2 aromatic carbocycles. The molecule has 20 heavy (non-hydrogen) atoms. The third kappa shape index (κ3) is 2.33. The molecule has 1 aromatic heterocycles. The Morgan fingerprint density at radius 2 is 1.50 bits per heavy atom. The number of hydrogen-bond acceptors (Lipinski definition) is 1. The molecule has 0 spiro atoms. The molecule has 100 valence electrons. The van der Waals surface area contributed by atoms with E-state index in [0.717, 1.165) is 22.4 Å². The van der Waals surface area contributed by atoms with Gasteiger partial charge in [-0.3, -0.25) is 4.68 Å². The first-order valence-electron chi connectivity index (χ1n) is 6.20. The molecule has 0 aliphatic carbocycles. The Bertz CT molecular complexity index is 731. The number of halogens is 2. The average molecular weight is 303 g/mol. The maximum Gasteiger partial charge on any atom is 0.159 e. The molecule has 0 aliphatic heterocycles. The van der Waals surface area contributed by atoms with E-state index in [9.17, 15) is 0 Å². The second-order valence-electron chi connectivity index (χ2n) is 4.51. The van der Waals surface area contributed by atoms with Crippen molar-refractivity contribution in [3.05, 3.63) is 64.8 Å². The summed E-state index contributed by atoms with van der Waals surface area (Å²) in [6, 6.07) is 17.7. The van der Waals surface area contributed by atoms with Crippen molar-refractivity contribution >= 4 is 23.2 Å². The van der Waals surface area contributed by atoms with E-state index in [2.05, 4.69) is 5.10 Å². The van der Waals surface area contributed by atoms with Crippen molar-refractivity contribution in [2.45, 2.75) is 0 Å². The monoisotopic (exact) mass is 302 g/mol. The van der Waals surface area contributed by atoms with Crippen LogP contribution in [0.3, 0.4) is 0 Å². The fourth-order valence-corrected chi connectivity index (χ4v) is 2.73. The Hall–Kier alpha value is -1.77. The van der Waals surface area contributed by atoms with Crippen molar-refractivity contribution in [1.29, 1.82) is 0 Å². The predicted octanol–water partition coefficient (Wildman–Crippen LogP) is 5.06. The van der Waals surface area contributed by atoms with Gasteiger partial charge in [-0.2, -0.15) is 5.10 Å². The van der Waals surface area contributed by atoms with E-state index in [1.54, 1.807) is 0 Å². The number of nitrogens with zero attached hydrogens (tertiary/aromatic N) is 2. The van der Waals surface area contributed by atoms with Gasteiger partial charge in [0, 0.05) is 23.2 Å². The van der Waals surface area contributed by atoms with Crippen LogP contribution in [0.2, 0.25) is 10.2 Å². The van der Waals surface area contributed by atoms with Crippen molar-refractivity contribution in [2.75, 3.05) is 0 Å². The van der Waals surface area contributed by atoms with Gasteiger partial charge < -0.3 is 0 Å². The van der Waals surface area contributed by atoms with Crippen LogP contribution < -0.4 is 0 Å². The van der Waals surface area contributed by atoms with Gasteiger partial charge in [-0.25, -0.2) is 0 Å². The molecule has 0 saturated carbocycles. The average Bonchev–Trinajstić information content (AvgIpc) is 2.75. The first-order valence-corrected chi connectivity index (χ1v) is 6.96. The third-order valence-electron chi connectivity index (χ3n) is 3.18. The zero-order valence-corrected chi connectivity index (χ0v) is 12.4. The number of aromatic nitrogens is 2. The summed E-state index contributed by atoms with van der Waals surface area (Å²) in [5.74, 6) is 0. The van der Waals surface area contributed by atoms with E-state index in [-0.39, 0.29) is 0 Å². The van der Waals surface area contributed by atoms with Crippen LogP contribution in [0.1, 0.15) is 0 Å². The number of benzene rings is 2. The van der Waals surface area contributed by atoms with E-state index in [1.807, 2.05) is 66.3 Å². The van der Waals surface area contributed by atoms with Gasteiger partial charge in [-0.15, -0.1) is 0 Å². The largest absolute Gasteiger partial charge is 0.266 e. The van der Waals surface area contributed by atoms with Crippen LogP contribution in [0.4, 0.5) is 0 Å². The second-order valence-corrected chi connectivity index (χ2v) is 5.31. The SMILES string of the molecule is Cn1nc(Cl)c(-c2ccc(Cl)cc2)c1-c1ccccc1. The molecule has 0 N–H and O–H groups in total. The fraction of sp³-hybridized carbons (Fsp3) is 0.0625. The zero-order valence-electron chi connectivity index (χ0n) is 10.8. The Kier molecular flexibility index (Phi) is 3.51. The molecule has 0 radical (unpaired) electrons. The lowest BCUT2D eigenvalue weighted by Gasteiger charge is -2.07. The lowest BCUT2D eigenvalue weighted by molar-refractivity contribution is 0.776.